The van der Waals surface area contributed by atoms with Crippen LogP contribution in [0.15, 0.2) is 42.5 Å². The second kappa shape index (κ2) is 8.26. The van der Waals surface area contributed by atoms with Gasteiger partial charge in [-0.3, -0.25) is 0 Å². The summed E-state index contributed by atoms with van der Waals surface area (Å²) in [6, 6.07) is 14.3. The second-order valence-electron chi connectivity index (χ2n) is 6.49. The number of hydrogen-bond donors (Lipinski definition) is 1. The van der Waals surface area contributed by atoms with Crippen molar-refractivity contribution in [3.05, 3.63) is 59.2 Å². The lowest BCUT2D eigenvalue weighted by molar-refractivity contribution is 0.208. The maximum atomic E-state index is 12.4. The standard InChI is InChI=1S/C20H25N3O.ClH/c1-15-7-9-18(10-8-15)21-20(24)23-13-11-22(12-14-23)19-6-4-5-16(2)17(19)3;/h4-10H,11-14H2,1-3H3,(H,21,24);1H. The van der Waals surface area contributed by atoms with Gasteiger partial charge in [-0.15, -0.1) is 12.4 Å². The Balaban J connectivity index is 0.00000225. The van der Waals surface area contributed by atoms with Crippen molar-refractivity contribution in [3.8, 4) is 0 Å². The van der Waals surface area contributed by atoms with Crippen molar-refractivity contribution in [2.45, 2.75) is 20.8 Å². The van der Waals surface area contributed by atoms with Crippen LogP contribution in [0.25, 0.3) is 0 Å². The molecule has 4 nitrogen and oxygen atoms in total. The molecule has 1 aliphatic rings. The molecule has 0 spiro atoms. The zero-order chi connectivity index (χ0) is 17.1. The first-order valence-corrected chi connectivity index (χ1v) is 8.48. The minimum Gasteiger partial charge on any atom is -0.368 e. The molecule has 0 aliphatic carbocycles. The van der Waals surface area contributed by atoms with Crippen LogP contribution in [0, 0.1) is 20.8 Å². The summed E-state index contributed by atoms with van der Waals surface area (Å²) in [6.07, 6.45) is 0. The molecule has 5 heteroatoms. The number of amides is 2. The Morgan fingerprint density at radius 1 is 0.920 bits per heavy atom. The lowest BCUT2D eigenvalue weighted by Gasteiger charge is -2.37. The Labute approximate surface area is 156 Å². The first-order chi connectivity index (χ1) is 11.5. The van der Waals surface area contributed by atoms with Gasteiger partial charge < -0.3 is 15.1 Å². The van der Waals surface area contributed by atoms with Crippen molar-refractivity contribution < 1.29 is 4.79 Å². The molecule has 0 aromatic heterocycles. The largest absolute Gasteiger partial charge is 0.368 e. The lowest BCUT2D eigenvalue weighted by Crippen LogP contribution is -2.50. The van der Waals surface area contributed by atoms with E-state index in [-0.39, 0.29) is 18.4 Å². The number of halogens is 1. The maximum Gasteiger partial charge on any atom is 0.321 e. The quantitative estimate of drug-likeness (QED) is 0.863. The molecule has 0 atom stereocenters. The van der Waals surface area contributed by atoms with E-state index in [1.807, 2.05) is 36.1 Å². The average Bonchev–Trinajstić information content (AvgIpc) is 2.59. The third kappa shape index (κ3) is 4.45. The fraction of sp³-hybridized carbons (Fsp3) is 0.350. The van der Waals surface area contributed by atoms with Crippen LogP contribution in [0.4, 0.5) is 16.2 Å². The number of aryl methyl sites for hydroxylation is 2. The van der Waals surface area contributed by atoms with Crippen LogP contribution in [0.5, 0.6) is 0 Å². The lowest BCUT2D eigenvalue weighted by atomic mass is 10.1. The summed E-state index contributed by atoms with van der Waals surface area (Å²) in [6.45, 7) is 9.57. The van der Waals surface area contributed by atoms with Crippen molar-refractivity contribution in [2.75, 3.05) is 36.4 Å². The molecule has 1 aliphatic heterocycles. The van der Waals surface area contributed by atoms with Gasteiger partial charge in [0.1, 0.15) is 0 Å². The number of hydrogen-bond acceptors (Lipinski definition) is 2. The SMILES string of the molecule is Cc1ccc(NC(=O)N2CCN(c3cccc(C)c3C)CC2)cc1.Cl. The highest BCUT2D eigenvalue weighted by Crippen LogP contribution is 2.24. The number of urea groups is 1. The van der Waals surface area contributed by atoms with Gasteiger partial charge in [0.05, 0.1) is 0 Å². The molecule has 25 heavy (non-hydrogen) atoms. The van der Waals surface area contributed by atoms with Crippen LogP contribution in [0.2, 0.25) is 0 Å². The molecule has 1 fully saturated rings. The maximum absolute atomic E-state index is 12.4. The van der Waals surface area contributed by atoms with Gasteiger partial charge in [-0.25, -0.2) is 4.79 Å². The Morgan fingerprint density at radius 3 is 2.20 bits per heavy atom. The monoisotopic (exact) mass is 359 g/mol. The molecule has 0 radical (unpaired) electrons. The van der Waals surface area contributed by atoms with Crippen LogP contribution in [0.1, 0.15) is 16.7 Å². The predicted octanol–water partition coefficient (Wildman–Crippen LogP) is 4.39. The molecule has 134 valence electrons. The summed E-state index contributed by atoms with van der Waals surface area (Å²) in [7, 11) is 0. The van der Waals surface area contributed by atoms with Crippen molar-refractivity contribution in [3.63, 3.8) is 0 Å². The third-order valence-corrected chi connectivity index (χ3v) is 4.79. The zero-order valence-electron chi connectivity index (χ0n) is 15.1. The highest BCUT2D eigenvalue weighted by molar-refractivity contribution is 5.89. The molecule has 1 saturated heterocycles. The summed E-state index contributed by atoms with van der Waals surface area (Å²) < 4.78 is 0. The predicted molar refractivity (Wildman–Crippen MR) is 107 cm³/mol. The van der Waals surface area contributed by atoms with E-state index in [4.69, 9.17) is 0 Å². The third-order valence-electron chi connectivity index (χ3n) is 4.79. The molecular weight excluding hydrogens is 334 g/mol. The molecule has 2 amide bonds. The molecule has 1 N–H and O–H groups in total. The van der Waals surface area contributed by atoms with E-state index in [0.29, 0.717) is 0 Å². The Morgan fingerprint density at radius 2 is 1.56 bits per heavy atom. The van der Waals surface area contributed by atoms with Crippen molar-refractivity contribution in [1.29, 1.82) is 0 Å². The summed E-state index contributed by atoms with van der Waals surface area (Å²) in [5.41, 5.74) is 5.97. The number of carbonyl (C=O) groups excluding carboxylic acids is 1. The Hall–Kier alpha value is -2.20. The first-order valence-electron chi connectivity index (χ1n) is 8.48. The van der Waals surface area contributed by atoms with Gasteiger partial charge in [0.2, 0.25) is 0 Å². The van der Waals surface area contributed by atoms with Gasteiger partial charge in [0.15, 0.2) is 0 Å². The van der Waals surface area contributed by atoms with E-state index in [1.165, 1.54) is 22.4 Å². The topological polar surface area (TPSA) is 35.6 Å². The fourth-order valence-corrected chi connectivity index (χ4v) is 3.07. The molecule has 0 saturated carbocycles. The van der Waals surface area contributed by atoms with Crippen LogP contribution in [-0.2, 0) is 0 Å². The summed E-state index contributed by atoms with van der Waals surface area (Å²) >= 11 is 0. The van der Waals surface area contributed by atoms with Gasteiger partial charge in [0.25, 0.3) is 0 Å². The number of benzene rings is 2. The van der Waals surface area contributed by atoms with Gasteiger partial charge >= 0.3 is 6.03 Å². The molecule has 0 bridgehead atoms. The summed E-state index contributed by atoms with van der Waals surface area (Å²) in [4.78, 5) is 16.7. The van der Waals surface area contributed by atoms with E-state index in [1.54, 1.807) is 0 Å². The van der Waals surface area contributed by atoms with E-state index >= 15 is 0 Å². The van der Waals surface area contributed by atoms with Crippen molar-refractivity contribution in [1.82, 2.24) is 4.90 Å². The summed E-state index contributed by atoms with van der Waals surface area (Å²) in [5.74, 6) is 0. The number of nitrogens with one attached hydrogen (secondary N) is 1. The Bertz CT molecular complexity index is 722. The number of nitrogens with zero attached hydrogens (tertiary/aromatic N) is 2. The average molecular weight is 360 g/mol. The van der Waals surface area contributed by atoms with Crippen molar-refractivity contribution >= 4 is 29.8 Å². The highest BCUT2D eigenvalue weighted by atomic mass is 35.5. The minimum atomic E-state index is -0.0144. The van der Waals surface area contributed by atoms with Gasteiger partial charge in [-0.1, -0.05) is 29.8 Å². The number of anilines is 2. The van der Waals surface area contributed by atoms with Crippen molar-refractivity contribution in [2.24, 2.45) is 0 Å². The molecule has 1 heterocycles. The van der Waals surface area contributed by atoms with Crippen LogP contribution in [-0.4, -0.2) is 37.1 Å². The summed E-state index contributed by atoms with van der Waals surface area (Å²) in [5, 5.41) is 2.98. The molecule has 2 aromatic rings. The van der Waals surface area contributed by atoms with Crippen LogP contribution >= 0.6 is 12.4 Å². The van der Waals surface area contributed by atoms with E-state index < -0.39 is 0 Å². The smallest absolute Gasteiger partial charge is 0.321 e. The first kappa shape index (κ1) is 19.1. The second-order valence-corrected chi connectivity index (χ2v) is 6.49. The van der Waals surface area contributed by atoms with Gasteiger partial charge in [-0.2, -0.15) is 0 Å². The van der Waals surface area contributed by atoms with E-state index in [0.717, 1.165) is 31.9 Å². The zero-order valence-corrected chi connectivity index (χ0v) is 15.9. The molecule has 3 rings (SSSR count). The van der Waals surface area contributed by atoms with Gasteiger partial charge in [0, 0.05) is 37.6 Å². The molecule has 0 unspecified atom stereocenters. The highest BCUT2D eigenvalue weighted by Gasteiger charge is 2.22. The Kier molecular flexibility index (Phi) is 6.32. The molecule has 2 aromatic carbocycles. The van der Waals surface area contributed by atoms with Crippen LogP contribution in [0.3, 0.4) is 0 Å². The number of piperazine rings is 1. The normalized spacial score (nSPS) is 14.0. The van der Waals surface area contributed by atoms with E-state index in [2.05, 4.69) is 42.3 Å². The molecular formula is C20H26ClN3O. The van der Waals surface area contributed by atoms with E-state index in [9.17, 15) is 4.79 Å². The fourth-order valence-electron chi connectivity index (χ4n) is 3.07. The van der Waals surface area contributed by atoms with Gasteiger partial charge in [-0.05, 0) is 50.1 Å². The number of rotatable bonds is 2. The van der Waals surface area contributed by atoms with Crippen LogP contribution < -0.4 is 10.2 Å². The number of carbonyl (C=O) groups is 1. The minimum absolute atomic E-state index is 0.